The fraction of sp³-hybridized carbons (Fsp3) is 0.667. The van der Waals surface area contributed by atoms with Gasteiger partial charge in [0, 0.05) is 30.8 Å². The summed E-state index contributed by atoms with van der Waals surface area (Å²) >= 11 is 3.47. The van der Waals surface area contributed by atoms with E-state index in [1.54, 1.807) is 23.1 Å². The minimum Gasteiger partial charge on any atom is -0.378 e. The fourth-order valence-corrected chi connectivity index (χ4v) is 4.44. The molecule has 1 aliphatic heterocycles. The van der Waals surface area contributed by atoms with Crippen molar-refractivity contribution in [3.05, 3.63) is 16.1 Å². The van der Waals surface area contributed by atoms with E-state index in [1.807, 2.05) is 0 Å². The van der Waals surface area contributed by atoms with Crippen molar-refractivity contribution in [2.45, 2.75) is 44.1 Å². The molecular weight excluding hydrogens is 330 g/mol. The maximum atomic E-state index is 5.42. The van der Waals surface area contributed by atoms with Crippen molar-refractivity contribution in [1.29, 1.82) is 0 Å². The number of morpholine rings is 1. The van der Waals surface area contributed by atoms with Crippen LogP contribution in [-0.2, 0) is 23.5 Å². The van der Waals surface area contributed by atoms with E-state index < -0.39 is 0 Å². The summed E-state index contributed by atoms with van der Waals surface area (Å²) in [7, 11) is 0. The second kappa shape index (κ2) is 8.12. The molecule has 0 spiro atoms. The van der Waals surface area contributed by atoms with E-state index in [1.165, 1.54) is 5.01 Å². The number of nitrogens with zero attached hydrogens (tertiary/aromatic N) is 5. The molecule has 8 heteroatoms. The molecule has 0 saturated carbocycles. The van der Waals surface area contributed by atoms with Crippen LogP contribution in [0.1, 0.15) is 31.0 Å². The molecule has 126 valence electrons. The number of thioether (sulfide) groups is 1. The molecule has 2 aromatic heterocycles. The van der Waals surface area contributed by atoms with Gasteiger partial charge in [-0.1, -0.05) is 18.7 Å². The van der Waals surface area contributed by atoms with E-state index in [9.17, 15) is 0 Å². The van der Waals surface area contributed by atoms with Crippen molar-refractivity contribution in [2.75, 3.05) is 31.2 Å². The van der Waals surface area contributed by atoms with E-state index in [0.29, 0.717) is 0 Å². The Labute approximate surface area is 145 Å². The standard InChI is InChI=1S/C15H23N5OS2/c1-3-5-13-16-12(10-22-13)11-23-15-18-17-14(20(15)4-2)19-6-8-21-9-7-19/h10H,3-9,11H2,1-2H3. The first-order chi connectivity index (χ1) is 11.3. The Morgan fingerprint density at radius 1 is 1.26 bits per heavy atom. The Balaban J connectivity index is 1.66. The van der Waals surface area contributed by atoms with Gasteiger partial charge in [-0.2, -0.15) is 0 Å². The molecule has 23 heavy (non-hydrogen) atoms. The van der Waals surface area contributed by atoms with Crippen LogP contribution in [0.15, 0.2) is 10.5 Å². The van der Waals surface area contributed by atoms with Crippen LogP contribution in [0.2, 0.25) is 0 Å². The zero-order valence-corrected chi connectivity index (χ0v) is 15.3. The van der Waals surface area contributed by atoms with Crippen molar-refractivity contribution >= 4 is 29.0 Å². The molecule has 0 unspecified atom stereocenters. The van der Waals surface area contributed by atoms with Gasteiger partial charge in [0.25, 0.3) is 0 Å². The molecular formula is C15H23N5OS2. The molecule has 0 atom stereocenters. The largest absolute Gasteiger partial charge is 0.378 e. The summed E-state index contributed by atoms with van der Waals surface area (Å²) in [6, 6.07) is 0. The summed E-state index contributed by atoms with van der Waals surface area (Å²) in [5, 5.41) is 13.2. The molecule has 3 rings (SSSR count). The van der Waals surface area contributed by atoms with E-state index in [4.69, 9.17) is 4.74 Å². The molecule has 0 bridgehead atoms. The second-order valence-corrected chi connectivity index (χ2v) is 7.28. The van der Waals surface area contributed by atoms with E-state index in [2.05, 4.69) is 43.9 Å². The number of hydrogen-bond donors (Lipinski definition) is 0. The van der Waals surface area contributed by atoms with Gasteiger partial charge >= 0.3 is 0 Å². The highest BCUT2D eigenvalue weighted by Gasteiger charge is 2.19. The first-order valence-electron chi connectivity index (χ1n) is 8.13. The number of ether oxygens (including phenoxy) is 1. The summed E-state index contributed by atoms with van der Waals surface area (Å²) in [5.41, 5.74) is 1.14. The third kappa shape index (κ3) is 4.05. The summed E-state index contributed by atoms with van der Waals surface area (Å²) in [6.45, 7) is 8.49. The highest BCUT2D eigenvalue weighted by atomic mass is 32.2. The zero-order valence-electron chi connectivity index (χ0n) is 13.7. The van der Waals surface area contributed by atoms with Gasteiger partial charge in [0.05, 0.1) is 23.9 Å². The van der Waals surface area contributed by atoms with E-state index in [-0.39, 0.29) is 0 Å². The molecule has 1 saturated heterocycles. The number of hydrogen-bond acceptors (Lipinski definition) is 7. The third-order valence-electron chi connectivity index (χ3n) is 3.72. The van der Waals surface area contributed by atoms with E-state index in [0.717, 1.165) is 68.2 Å². The SMILES string of the molecule is CCCc1nc(CSc2nnc(N3CCOCC3)n2CC)cs1. The van der Waals surface area contributed by atoms with Gasteiger partial charge in [-0.25, -0.2) is 4.98 Å². The number of thiazole rings is 1. The van der Waals surface area contributed by atoms with Gasteiger partial charge < -0.3 is 9.64 Å². The molecule has 0 radical (unpaired) electrons. The molecule has 1 fully saturated rings. The fourth-order valence-electron chi connectivity index (χ4n) is 2.54. The smallest absolute Gasteiger partial charge is 0.228 e. The maximum Gasteiger partial charge on any atom is 0.228 e. The van der Waals surface area contributed by atoms with Crippen LogP contribution in [0, 0.1) is 0 Å². The topological polar surface area (TPSA) is 56.1 Å². The van der Waals surface area contributed by atoms with Crippen molar-refractivity contribution < 1.29 is 4.74 Å². The van der Waals surface area contributed by atoms with Crippen molar-refractivity contribution in [1.82, 2.24) is 19.7 Å². The maximum absolute atomic E-state index is 5.42. The number of aromatic nitrogens is 4. The minimum atomic E-state index is 0.762. The Bertz CT molecular complexity index is 621. The van der Waals surface area contributed by atoms with Gasteiger partial charge in [-0.3, -0.25) is 4.57 Å². The molecule has 6 nitrogen and oxygen atoms in total. The number of aryl methyl sites for hydroxylation is 1. The minimum absolute atomic E-state index is 0.762. The molecule has 0 aromatic carbocycles. The van der Waals surface area contributed by atoms with Crippen LogP contribution in [0.25, 0.3) is 0 Å². The van der Waals surface area contributed by atoms with Gasteiger partial charge in [-0.15, -0.1) is 21.5 Å². The summed E-state index contributed by atoms with van der Waals surface area (Å²) < 4.78 is 7.61. The number of anilines is 1. The Morgan fingerprint density at radius 3 is 2.83 bits per heavy atom. The lowest BCUT2D eigenvalue weighted by atomic mass is 10.3. The quantitative estimate of drug-likeness (QED) is 0.714. The first-order valence-corrected chi connectivity index (χ1v) is 10.00. The van der Waals surface area contributed by atoms with Crippen LogP contribution in [0.4, 0.5) is 5.95 Å². The van der Waals surface area contributed by atoms with Crippen LogP contribution in [0.3, 0.4) is 0 Å². The molecule has 2 aromatic rings. The summed E-state index contributed by atoms with van der Waals surface area (Å²) in [5.74, 6) is 1.81. The second-order valence-electron chi connectivity index (χ2n) is 5.40. The predicted octanol–water partition coefficient (Wildman–Crippen LogP) is 2.84. The molecule has 1 aliphatic rings. The third-order valence-corrected chi connectivity index (χ3v) is 5.68. The number of rotatable bonds is 7. The van der Waals surface area contributed by atoms with E-state index >= 15 is 0 Å². The van der Waals surface area contributed by atoms with Gasteiger partial charge in [0.2, 0.25) is 5.95 Å². The lowest BCUT2D eigenvalue weighted by Crippen LogP contribution is -2.38. The monoisotopic (exact) mass is 353 g/mol. The van der Waals surface area contributed by atoms with Crippen LogP contribution < -0.4 is 4.90 Å². The average Bonchev–Trinajstić information content (AvgIpc) is 3.20. The summed E-state index contributed by atoms with van der Waals surface area (Å²) in [6.07, 6.45) is 2.22. The Morgan fingerprint density at radius 2 is 2.09 bits per heavy atom. The lowest BCUT2D eigenvalue weighted by molar-refractivity contribution is 0.121. The van der Waals surface area contributed by atoms with Crippen LogP contribution >= 0.6 is 23.1 Å². The molecule has 0 N–H and O–H groups in total. The molecule has 0 aliphatic carbocycles. The normalized spacial score (nSPS) is 15.3. The van der Waals surface area contributed by atoms with Gasteiger partial charge in [0.15, 0.2) is 5.16 Å². The zero-order chi connectivity index (χ0) is 16.1. The molecule has 3 heterocycles. The highest BCUT2D eigenvalue weighted by molar-refractivity contribution is 7.98. The average molecular weight is 354 g/mol. The van der Waals surface area contributed by atoms with Crippen LogP contribution in [-0.4, -0.2) is 46.1 Å². The Kier molecular flexibility index (Phi) is 5.91. The summed E-state index contributed by atoms with van der Waals surface area (Å²) in [4.78, 5) is 6.94. The van der Waals surface area contributed by atoms with Crippen molar-refractivity contribution in [3.8, 4) is 0 Å². The highest BCUT2D eigenvalue weighted by Crippen LogP contribution is 2.26. The first kappa shape index (κ1) is 16.7. The predicted molar refractivity (Wildman–Crippen MR) is 94.4 cm³/mol. The van der Waals surface area contributed by atoms with Crippen molar-refractivity contribution in [2.24, 2.45) is 0 Å². The lowest BCUT2D eigenvalue weighted by Gasteiger charge is -2.27. The van der Waals surface area contributed by atoms with Crippen LogP contribution in [0.5, 0.6) is 0 Å². The van der Waals surface area contributed by atoms with Gasteiger partial charge in [-0.05, 0) is 19.8 Å². The van der Waals surface area contributed by atoms with Gasteiger partial charge in [0.1, 0.15) is 0 Å². The van der Waals surface area contributed by atoms with Crippen molar-refractivity contribution in [3.63, 3.8) is 0 Å². The molecule has 0 amide bonds. The Hall–Kier alpha value is -1.12.